The number of halogens is 1. The normalized spacial score (nSPS) is 18.2. The Morgan fingerprint density at radius 1 is 1.39 bits per heavy atom. The lowest BCUT2D eigenvalue weighted by Gasteiger charge is -2.34. The molecule has 7 heteroatoms. The van der Waals surface area contributed by atoms with Crippen LogP contribution >= 0.6 is 0 Å². The highest BCUT2D eigenvalue weighted by atomic mass is 32.2. The molecule has 1 atom stereocenters. The largest absolute Gasteiger partial charge is 0.381 e. The Labute approximate surface area is 137 Å². The van der Waals surface area contributed by atoms with Crippen LogP contribution in [0.2, 0.25) is 0 Å². The fourth-order valence-corrected chi connectivity index (χ4v) is 4.38. The molecule has 1 aliphatic heterocycles. The maximum Gasteiger partial charge on any atom is 0.214 e. The molecule has 130 valence electrons. The lowest BCUT2D eigenvalue weighted by molar-refractivity contribution is 0.136. The number of aryl methyl sites for hydroxylation is 1. The van der Waals surface area contributed by atoms with Crippen molar-refractivity contribution in [3.8, 4) is 0 Å². The minimum Gasteiger partial charge on any atom is -0.381 e. The number of ether oxygens (including phenoxy) is 1. The fraction of sp³-hybridized carbons (Fsp3) is 0.625. The number of rotatable bonds is 6. The molecule has 0 radical (unpaired) electrons. The van der Waals surface area contributed by atoms with E-state index < -0.39 is 10.0 Å². The molecule has 0 bridgehead atoms. The van der Waals surface area contributed by atoms with Crippen molar-refractivity contribution in [2.24, 2.45) is 0 Å². The number of piperidine rings is 1. The molecule has 5 nitrogen and oxygen atoms in total. The number of nitrogens with zero attached hydrogens (tertiary/aromatic N) is 1. The van der Waals surface area contributed by atoms with Crippen molar-refractivity contribution in [3.63, 3.8) is 0 Å². The molecule has 1 aromatic carbocycles. The first-order chi connectivity index (χ1) is 10.8. The van der Waals surface area contributed by atoms with Crippen molar-refractivity contribution in [2.75, 3.05) is 30.9 Å². The Morgan fingerprint density at radius 3 is 2.65 bits per heavy atom. The van der Waals surface area contributed by atoms with Gasteiger partial charge in [0.2, 0.25) is 10.0 Å². The van der Waals surface area contributed by atoms with E-state index in [0.29, 0.717) is 31.6 Å². The van der Waals surface area contributed by atoms with Crippen LogP contribution in [0.1, 0.15) is 25.3 Å². The number of benzene rings is 1. The number of sulfonamides is 1. The molecule has 1 aromatic rings. The van der Waals surface area contributed by atoms with Crippen LogP contribution in [0.25, 0.3) is 0 Å². The zero-order valence-corrected chi connectivity index (χ0v) is 14.7. The highest BCUT2D eigenvalue weighted by molar-refractivity contribution is 7.89. The lowest BCUT2D eigenvalue weighted by atomic mass is 10.0. The van der Waals surface area contributed by atoms with E-state index in [4.69, 9.17) is 4.74 Å². The Morgan fingerprint density at radius 2 is 2.04 bits per heavy atom. The van der Waals surface area contributed by atoms with Crippen molar-refractivity contribution in [1.82, 2.24) is 4.72 Å². The number of hydrogen-bond donors (Lipinski definition) is 1. The summed E-state index contributed by atoms with van der Waals surface area (Å²) in [5.74, 6) is -0.278. The topological polar surface area (TPSA) is 58.6 Å². The van der Waals surface area contributed by atoms with Crippen molar-refractivity contribution in [2.45, 2.75) is 38.8 Å². The van der Waals surface area contributed by atoms with Gasteiger partial charge in [0.25, 0.3) is 0 Å². The van der Waals surface area contributed by atoms with E-state index in [1.165, 1.54) is 13.2 Å². The fourth-order valence-electron chi connectivity index (χ4n) is 2.78. The molecule has 1 heterocycles. The van der Waals surface area contributed by atoms with Crippen LogP contribution in [0.4, 0.5) is 10.1 Å². The van der Waals surface area contributed by atoms with Gasteiger partial charge in [-0.3, -0.25) is 0 Å². The maximum atomic E-state index is 13.9. The standard InChI is InChI=1S/C16H25FN2O3S/c1-12-4-5-15(17)16(10-12)19-8-6-14(7-9-19)18-23(20,21)11-13(2)22-3/h4-5,10,13-14,18H,6-9,11H2,1-3H3/t13-/m0/s1. The molecule has 0 unspecified atom stereocenters. The molecular weight excluding hydrogens is 319 g/mol. The summed E-state index contributed by atoms with van der Waals surface area (Å²) in [4.78, 5) is 1.98. The summed E-state index contributed by atoms with van der Waals surface area (Å²) < 4.78 is 45.8. The van der Waals surface area contributed by atoms with Gasteiger partial charge in [0.05, 0.1) is 17.5 Å². The highest BCUT2D eigenvalue weighted by Gasteiger charge is 2.25. The quantitative estimate of drug-likeness (QED) is 0.858. The smallest absolute Gasteiger partial charge is 0.214 e. The number of anilines is 1. The minimum atomic E-state index is -3.36. The van der Waals surface area contributed by atoms with Gasteiger partial charge in [0.1, 0.15) is 5.82 Å². The van der Waals surface area contributed by atoms with Gasteiger partial charge in [-0.15, -0.1) is 0 Å². The summed E-state index contributed by atoms with van der Waals surface area (Å²) in [6.45, 7) is 4.92. The highest BCUT2D eigenvalue weighted by Crippen LogP contribution is 2.24. The molecule has 0 aliphatic carbocycles. The maximum absolute atomic E-state index is 13.9. The van der Waals surface area contributed by atoms with Crippen molar-refractivity contribution in [3.05, 3.63) is 29.6 Å². The van der Waals surface area contributed by atoms with Gasteiger partial charge in [-0.25, -0.2) is 17.5 Å². The second-order valence-electron chi connectivity index (χ2n) is 6.16. The second-order valence-corrected chi connectivity index (χ2v) is 7.96. The Kier molecular flexibility index (Phi) is 6.00. The third-order valence-corrected chi connectivity index (χ3v) is 5.74. The van der Waals surface area contributed by atoms with Crippen LogP contribution in [0.5, 0.6) is 0 Å². The van der Waals surface area contributed by atoms with E-state index in [2.05, 4.69) is 4.72 Å². The van der Waals surface area contributed by atoms with Crippen LogP contribution < -0.4 is 9.62 Å². The van der Waals surface area contributed by atoms with Gasteiger partial charge in [0, 0.05) is 26.2 Å². The molecule has 0 saturated carbocycles. The van der Waals surface area contributed by atoms with Gasteiger partial charge in [-0.05, 0) is 44.4 Å². The zero-order valence-electron chi connectivity index (χ0n) is 13.9. The van der Waals surface area contributed by atoms with E-state index in [9.17, 15) is 12.8 Å². The van der Waals surface area contributed by atoms with E-state index in [1.54, 1.807) is 13.0 Å². The molecule has 0 amide bonds. The monoisotopic (exact) mass is 344 g/mol. The van der Waals surface area contributed by atoms with Crippen LogP contribution in [0.3, 0.4) is 0 Å². The van der Waals surface area contributed by atoms with Crippen molar-refractivity contribution >= 4 is 15.7 Å². The molecule has 1 fully saturated rings. The molecule has 1 aliphatic rings. The molecule has 0 spiro atoms. The summed E-state index contributed by atoms with van der Waals surface area (Å²) >= 11 is 0. The van der Waals surface area contributed by atoms with E-state index in [0.717, 1.165) is 5.56 Å². The van der Waals surface area contributed by atoms with Crippen LogP contribution in [0, 0.1) is 12.7 Å². The summed E-state index contributed by atoms with van der Waals surface area (Å²) in [5, 5.41) is 0. The predicted octanol–water partition coefficient (Wildman–Crippen LogP) is 2.06. The first-order valence-electron chi connectivity index (χ1n) is 7.84. The number of hydrogen-bond acceptors (Lipinski definition) is 4. The first-order valence-corrected chi connectivity index (χ1v) is 9.50. The van der Waals surface area contributed by atoms with Crippen molar-refractivity contribution in [1.29, 1.82) is 0 Å². The third kappa shape index (κ3) is 5.16. The van der Waals surface area contributed by atoms with E-state index >= 15 is 0 Å². The predicted molar refractivity (Wildman–Crippen MR) is 89.8 cm³/mol. The molecule has 0 aromatic heterocycles. The third-order valence-electron chi connectivity index (χ3n) is 4.14. The summed E-state index contributed by atoms with van der Waals surface area (Å²) in [5.41, 5.74) is 1.61. The lowest BCUT2D eigenvalue weighted by Crippen LogP contribution is -2.46. The molecule has 1 N–H and O–H groups in total. The Bertz CT molecular complexity index is 628. The summed E-state index contributed by atoms with van der Waals surface area (Å²) in [6.07, 6.45) is 0.982. The molecule has 1 saturated heterocycles. The van der Waals surface area contributed by atoms with Crippen LogP contribution in [-0.4, -0.2) is 46.5 Å². The van der Waals surface area contributed by atoms with E-state index in [1.807, 2.05) is 17.9 Å². The van der Waals surface area contributed by atoms with Crippen molar-refractivity contribution < 1.29 is 17.5 Å². The minimum absolute atomic E-state index is 0.0454. The SMILES string of the molecule is CO[C@@H](C)CS(=O)(=O)NC1CCN(c2cc(C)ccc2F)CC1. The average molecular weight is 344 g/mol. The van der Waals surface area contributed by atoms with E-state index in [-0.39, 0.29) is 23.7 Å². The Hall–Kier alpha value is -1.18. The van der Waals surface area contributed by atoms with Gasteiger partial charge < -0.3 is 9.64 Å². The zero-order chi connectivity index (χ0) is 17.0. The van der Waals surface area contributed by atoms with Gasteiger partial charge in [-0.2, -0.15) is 0 Å². The molecule has 23 heavy (non-hydrogen) atoms. The first kappa shape index (κ1) is 18.2. The molecule has 2 rings (SSSR count). The van der Waals surface area contributed by atoms with Crippen LogP contribution in [-0.2, 0) is 14.8 Å². The second kappa shape index (κ2) is 7.59. The van der Waals surface area contributed by atoms with Gasteiger partial charge in [0.15, 0.2) is 0 Å². The number of nitrogens with one attached hydrogen (secondary N) is 1. The van der Waals surface area contributed by atoms with Crippen LogP contribution in [0.15, 0.2) is 18.2 Å². The summed E-state index contributed by atoms with van der Waals surface area (Å²) in [7, 11) is -1.86. The van der Waals surface area contributed by atoms with Gasteiger partial charge >= 0.3 is 0 Å². The summed E-state index contributed by atoms with van der Waals surface area (Å²) in [6, 6.07) is 4.95. The number of methoxy groups -OCH3 is 1. The van der Waals surface area contributed by atoms with Gasteiger partial charge in [-0.1, -0.05) is 6.07 Å². The molecular formula is C16H25FN2O3S. The average Bonchev–Trinajstić information content (AvgIpc) is 2.49. The Balaban J connectivity index is 1.92.